The zero-order valence-electron chi connectivity index (χ0n) is 21.4. The van der Waals surface area contributed by atoms with Crippen LogP contribution >= 0.6 is 0 Å². The van der Waals surface area contributed by atoms with E-state index in [1.165, 1.54) is 9.35 Å². The smallest absolute Gasteiger partial charge is 1.00 e. The van der Waals surface area contributed by atoms with Crippen LogP contribution in [0.4, 0.5) is 0 Å². The van der Waals surface area contributed by atoms with Crippen LogP contribution in [-0.4, -0.2) is 13.0 Å². The average molecular weight is 744 g/mol. The number of nitrogens with two attached hydrogens (primary N) is 2. The first-order valence-electron chi connectivity index (χ1n) is 10.1. The normalized spacial score (nSPS) is 8.35. The molecule has 3 rings (SSSR count). The first-order chi connectivity index (χ1) is 14.6. The fourth-order valence-electron chi connectivity index (χ4n) is 2.40. The molecule has 2 aromatic heterocycles. The summed E-state index contributed by atoms with van der Waals surface area (Å²) in [4.78, 5) is 0.0260. The number of nitrogen functional groups attached to an aromatic ring is 2. The van der Waals surface area contributed by atoms with Crippen molar-refractivity contribution in [1.82, 2.24) is 0 Å². The zero-order chi connectivity index (χ0) is 24.4. The molecule has 34 heavy (non-hydrogen) atoms. The first kappa shape index (κ1) is 44.1. The Bertz CT molecular complexity index is 906. The molecule has 11 heteroatoms. The van der Waals surface area contributed by atoms with Crippen LogP contribution < -0.4 is 120 Å². The number of halogens is 2. The van der Waals surface area contributed by atoms with Crippen LogP contribution in [0.25, 0.3) is 0 Å². The van der Waals surface area contributed by atoms with Crippen molar-refractivity contribution < 1.29 is 122 Å². The van der Waals surface area contributed by atoms with Crippen molar-refractivity contribution in [2.45, 2.75) is 53.4 Å². The molecule has 2 heterocycles. The Morgan fingerprint density at radius 2 is 0.941 bits per heavy atom. The third-order valence-corrected chi connectivity index (χ3v) is 4.50. The first-order valence-corrected chi connectivity index (χ1v) is 11.5. The van der Waals surface area contributed by atoms with Crippen molar-refractivity contribution >= 4 is 10.1 Å². The van der Waals surface area contributed by atoms with Crippen LogP contribution in [0, 0.1) is 20.8 Å². The Kier molecular flexibility index (Phi) is 34.0. The number of rotatable bonds is 1. The molecular weight excluding hydrogens is 705 g/mol. The summed E-state index contributed by atoms with van der Waals surface area (Å²) < 4.78 is 33.8. The molecule has 0 aliphatic heterocycles. The van der Waals surface area contributed by atoms with Crippen LogP contribution in [0.5, 0.6) is 0 Å². The van der Waals surface area contributed by atoms with Crippen molar-refractivity contribution in [3.63, 3.8) is 0 Å². The van der Waals surface area contributed by atoms with Gasteiger partial charge >= 0.3 is 51.4 Å². The summed E-state index contributed by atoms with van der Waals surface area (Å²) in [6, 6.07) is 14.8. The number of aryl methyl sites for hydroxylation is 3. The zero-order valence-corrected chi connectivity index (χ0v) is 29.7. The van der Waals surface area contributed by atoms with Crippen molar-refractivity contribution in [3.8, 4) is 0 Å². The molecule has 0 unspecified atom stereocenters. The maximum atomic E-state index is 10.9. The van der Waals surface area contributed by atoms with Gasteiger partial charge in [-0.2, -0.15) is 8.42 Å². The molecule has 188 valence electrons. The van der Waals surface area contributed by atoms with E-state index in [0.29, 0.717) is 11.1 Å². The van der Waals surface area contributed by atoms with E-state index in [9.17, 15) is 8.42 Å². The molecular formula is C23H38I2KN4O3S+. The molecule has 3 aromatic rings. The molecule has 0 aliphatic carbocycles. The van der Waals surface area contributed by atoms with E-state index >= 15 is 0 Å². The van der Waals surface area contributed by atoms with Crippen molar-refractivity contribution in [1.29, 1.82) is 0 Å². The van der Waals surface area contributed by atoms with E-state index in [1.807, 2.05) is 71.0 Å². The standard InChI is InChI=1S/C9H12O3S.2C5H7N2.2C2H6.2HI.K/c1-6-4-7(2)9(8(3)5-6)13(10,11)12;2*6-7-4-2-1-3-5-7;2*1-2;;;/h4-5H,1-3H3,(H,10,11,12);2*1-5H,6H2;2*1-2H3;2*1H;/q;2*+1;;;;;+1/p-2. The summed E-state index contributed by atoms with van der Waals surface area (Å²) in [7, 11) is -4.08. The summed E-state index contributed by atoms with van der Waals surface area (Å²) in [5, 5.41) is 0. The predicted octanol–water partition coefficient (Wildman–Crippen LogP) is -5.70. The third kappa shape index (κ3) is 21.4. The van der Waals surface area contributed by atoms with Gasteiger partial charge in [-0.1, -0.05) is 66.9 Å². The SMILES string of the molecule is CC.CC.Cc1cc(C)c(S(=O)(=O)O)c(C)c1.N[n+]1ccccc1.N[n+]1ccccc1.[I-].[I-].[K+]. The third-order valence-electron chi connectivity index (χ3n) is 3.34. The molecule has 0 radical (unpaired) electrons. The van der Waals surface area contributed by atoms with Gasteiger partial charge in [0, 0.05) is 24.3 Å². The number of nitrogens with zero attached hydrogens (tertiary/aromatic N) is 2. The molecule has 0 spiro atoms. The predicted molar refractivity (Wildman–Crippen MR) is 127 cm³/mol. The molecule has 7 nitrogen and oxygen atoms in total. The number of pyridine rings is 2. The monoisotopic (exact) mass is 743 g/mol. The minimum atomic E-state index is -4.08. The Morgan fingerprint density at radius 1 is 0.676 bits per heavy atom. The second-order valence-corrected chi connectivity index (χ2v) is 7.21. The molecule has 0 bridgehead atoms. The fourth-order valence-corrected chi connectivity index (χ4v) is 3.33. The summed E-state index contributed by atoms with van der Waals surface area (Å²) in [6.07, 6.45) is 7.11. The van der Waals surface area contributed by atoms with Crippen LogP contribution in [-0.2, 0) is 10.1 Å². The summed E-state index contributed by atoms with van der Waals surface area (Å²) in [5.74, 6) is 10.5. The number of benzene rings is 1. The molecule has 5 N–H and O–H groups in total. The van der Waals surface area contributed by atoms with Gasteiger partial charge in [-0.25, -0.2) is 11.7 Å². The number of hydrogen-bond acceptors (Lipinski definition) is 4. The van der Waals surface area contributed by atoms with Gasteiger partial charge in [-0.05, 0) is 31.9 Å². The second-order valence-electron chi connectivity index (χ2n) is 5.85. The molecule has 0 fully saturated rings. The quantitative estimate of drug-likeness (QED) is 0.0758. The maximum Gasteiger partial charge on any atom is 1.00 e. The van der Waals surface area contributed by atoms with E-state index in [-0.39, 0.29) is 104 Å². The van der Waals surface area contributed by atoms with E-state index in [1.54, 1.807) is 50.8 Å². The molecule has 0 saturated heterocycles. The van der Waals surface area contributed by atoms with Gasteiger partial charge in [0.05, 0.1) is 4.90 Å². The van der Waals surface area contributed by atoms with Crippen molar-refractivity contribution in [3.05, 3.63) is 90.0 Å². The van der Waals surface area contributed by atoms with Crippen molar-refractivity contribution in [2.75, 3.05) is 11.7 Å². The Hall–Kier alpha value is 0.126. The Labute approximate surface area is 282 Å². The van der Waals surface area contributed by atoms with Gasteiger partial charge in [-0.15, -0.1) is 0 Å². The van der Waals surface area contributed by atoms with Crippen LogP contribution in [0.1, 0.15) is 44.4 Å². The largest absolute Gasteiger partial charge is 1.00 e. The van der Waals surface area contributed by atoms with E-state index in [2.05, 4.69) is 0 Å². The molecule has 0 amide bonds. The number of aromatic nitrogens is 2. The topological polar surface area (TPSA) is 114 Å². The fraction of sp³-hybridized carbons (Fsp3) is 0.304. The summed E-state index contributed by atoms with van der Waals surface area (Å²) in [5.41, 5.74) is 2.16. The van der Waals surface area contributed by atoms with Gasteiger partial charge in [0.1, 0.15) is 0 Å². The van der Waals surface area contributed by atoms with Gasteiger partial charge in [0.15, 0.2) is 24.8 Å². The van der Waals surface area contributed by atoms with E-state index < -0.39 is 10.1 Å². The van der Waals surface area contributed by atoms with Gasteiger partial charge < -0.3 is 48.0 Å². The van der Waals surface area contributed by atoms with Gasteiger partial charge in [0.25, 0.3) is 10.1 Å². The summed E-state index contributed by atoms with van der Waals surface area (Å²) in [6.45, 7) is 13.2. The van der Waals surface area contributed by atoms with Gasteiger partial charge in [-0.3, -0.25) is 4.55 Å². The Balaban J connectivity index is -0.000000116. The molecule has 0 saturated carbocycles. The van der Waals surface area contributed by atoms with Crippen molar-refractivity contribution in [2.24, 2.45) is 0 Å². The molecule has 0 atom stereocenters. The Morgan fingerprint density at radius 3 is 1.12 bits per heavy atom. The van der Waals surface area contributed by atoms with E-state index in [4.69, 9.17) is 16.2 Å². The minimum Gasteiger partial charge on any atom is -1.00 e. The van der Waals surface area contributed by atoms with Crippen LogP contribution in [0.15, 0.2) is 78.2 Å². The van der Waals surface area contributed by atoms with Crippen LogP contribution in [0.3, 0.4) is 0 Å². The average Bonchev–Trinajstić information content (AvgIpc) is 2.71. The van der Waals surface area contributed by atoms with E-state index in [0.717, 1.165) is 5.56 Å². The second kappa shape index (κ2) is 26.2. The van der Waals surface area contributed by atoms with Crippen LogP contribution in [0.2, 0.25) is 0 Å². The number of hydrogen-bond donors (Lipinski definition) is 3. The molecule has 1 aromatic carbocycles. The van der Waals surface area contributed by atoms with Gasteiger partial charge in [0.2, 0.25) is 0 Å². The maximum absolute atomic E-state index is 10.9. The minimum absolute atomic E-state index is 0. The summed E-state index contributed by atoms with van der Waals surface area (Å²) >= 11 is 0. The molecule has 0 aliphatic rings.